The molecule has 124 valence electrons. The summed E-state index contributed by atoms with van der Waals surface area (Å²) in [5.74, 6) is -0.557. The van der Waals surface area contributed by atoms with Gasteiger partial charge in [-0.25, -0.2) is 13.2 Å². The van der Waals surface area contributed by atoms with E-state index in [0.717, 1.165) is 15.6 Å². The predicted molar refractivity (Wildman–Crippen MR) is 90.7 cm³/mol. The number of carbonyl (C=O) groups excluding carboxylic acids is 1. The zero-order chi connectivity index (χ0) is 17.2. The second-order valence-electron chi connectivity index (χ2n) is 4.51. The third-order valence-electron chi connectivity index (χ3n) is 3.13. The molecule has 0 radical (unpaired) electrons. The van der Waals surface area contributed by atoms with Gasteiger partial charge in [0.1, 0.15) is 10.4 Å². The van der Waals surface area contributed by atoms with Crippen molar-refractivity contribution in [2.75, 3.05) is 14.2 Å². The molecule has 0 saturated carbocycles. The van der Waals surface area contributed by atoms with E-state index in [1.165, 1.54) is 38.4 Å². The zero-order valence-corrected chi connectivity index (χ0v) is 15.3. The zero-order valence-electron chi connectivity index (χ0n) is 12.2. The second kappa shape index (κ2) is 7.19. The Kier molecular flexibility index (Phi) is 5.70. The van der Waals surface area contributed by atoms with Crippen molar-refractivity contribution in [3.05, 3.63) is 51.2 Å². The molecular weight excluding hydrogens is 381 g/mol. The molecule has 0 fully saturated rings. The third-order valence-corrected chi connectivity index (χ3v) is 6.78. The molecule has 1 heterocycles. The highest BCUT2D eigenvalue weighted by Crippen LogP contribution is 2.34. The number of rotatable bonds is 5. The van der Waals surface area contributed by atoms with E-state index in [0.29, 0.717) is 10.6 Å². The lowest BCUT2D eigenvalue weighted by Gasteiger charge is -2.22. The number of ether oxygens (including phenoxy) is 1. The maximum absolute atomic E-state index is 12.6. The largest absolute Gasteiger partial charge is 0.465 e. The van der Waals surface area contributed by atoms with E-state index >= 15 is 0 Å². The lowest BCUT2D eigenvalue weighted by Crippen LogP contribution is -2.29. The third kappa shape index (κ3) is 3.70. The van der Waals surface area contributed by atoms with Gasteiger partial charge in [-0.15, -0.1) is 11.3 Å². The highest BCUT2D eigenvalue weighted by Gasteiger charge is 2.31. The fourth-order valence-electron chi connectivity index (χ4n) is 1.86. The minimum absolute atomic E-state index is 0.0601. The topological polar surface area (TPSA) is 63.7 Å². The van der Waals surface area contributed by atoms with Crippen molar-refractivity contribution < 1.29 is 17.9 Å². The van der Waals surface area contributed by atoms with Gasteiger partial charge in [-0.05, 0) is 35.7 Å². The molecule has 0 aliphatic carbocycles. The lowest BCUT2D eigenvalue weighted by molar-refractivity contribution is 0.0604. The number of hydrogen-bond acceptors (Lipinski definition) is 5. The summed E-state index contributed by atoms with van der Waals surface area (Å²) >= 11 is 13.2. The summed E-state index contributed by atoms with van der Waals surface area (Å²) in [5, 5.41) is 2.08. The van der Waals surface area contributed by atoms with Crippen LogP contribution in [-0.4, -0.2) is 32.8 Å². The van der Waals surface area contributed by atoms with Crippen LogP contribution in [0, 0.1) is 0 Å². The summed E-state index contributed by atoms with van der Waals surface area (Å²) in [7, 11) is -1.23. The molecule has 5 nitrogen and oxygen atoms in total. The Balaban J connectivity index is 2.36. The smallest absolute Gasteiger partial charge is 0.348 e. The Morgan fingerprint density at radius 3 is 2.43 bits per heavy atom. The molecule has 0 bridgehead atoms. The molecule has 1 unspecified atom stereocenters. The molecule has 23 heavy (non-hydrogen) atoms. The van der Waals surface area contributed by atoms with Crippen LogP contribution in [0.1, 0.15) is 20.7 Å². The average Bonchev–Trinajstić information content (AvgIpc) is 3.02. The molecule has 2 aromatic rings. The first-order valence-corrected chi connectivity index (χ1v) is 9.46. The summed E-state index contributed by atoms with van der Waals surface area (Å²) in [5.41, 5.74) is -0.667. The minimum atomic E-state index is -3.83. The number of benzene rings is 1. The van der Waals surface area contributed by atoms with Crippen molar-refractivity contribution >= 4 is 50.5 Å². The number of alkyl halides is 1. The van der Waals surface area contributed by atoms with Gasteiger partial charge in [0.15, 0.2) is 0 Å². The Bertz CT molecular complexity index is 802. The quantitative estimate of drug-likeness (QED) is 0.440. The van der Waals surface area contributed by atoms with Crippen molar-refractivity contribution in [2.24, 2.45) is 0 Å². The van der Waals surface area contributed by atoms with E-state index in [4.69, 9.17) is 23.2 Å². The minimum Gasteiger partial charge on any atom is -0.465 e. The van der Waals surface area contributed by atoms with Gasteiger partial charge in [0.05, 0.1) is 12.0 Å². The Labute approximate surface area is 148 Å². The van der Waals surface area contributed by atoms with Gasteiger partial charge in [-0.2, -0.15) is 4.31 Å². The average molecular weight is 394 g/mol. The van der Waals surface area contributed by atoms with Gasteiger partial charge >= 0.3 is 5.97 Å². The lowest BCUT2D eigenvalue weighted by atomic mass is 10.2. The van der Waals surface area contributed by atoms with Crippen molar-refractivity contribution in [2.45, 2.75) is 10.4 Å². The number of sulfonamides is 1. The summed E-state index contributed by atoms with van der Waals surface area (Å²) < 4.78 is 30.9. The first-order chi connectivity index (χ1) is 10.8. The molecule has 1 atom stereocenters. The number of esters is 1. The van der Waals surface area contributed by atoms with Gasteiger partial charge in [-0.3, -0.25) is 0 Å². The summed E-state index contributed by atoms with van der Waals surface area (Å²) in [4.78, 5) is 12.1. The van der Waals surface area contributed by atoms with E-state index in [1.807, 2.05) is 0 Å². The predicted octanol–water partition coefficient (Wildman–Crippen LogP) is 3.75. The number of hydrogen-bond donors (Lipinski definition) is 0. The summed E-state index contributed by atoms with van der Waals surface area (Å²) in [6.07, 6.45) is 0. The summed E-state index contributed by atoms with van der Waals surface area (Å²) in [6, 6.07) is 7.35. The molecule has 1 aromatic heterocycles. The van der Waals surface area contributed by atoms with Crippen molar-refractivity contribution in [3.8, 4) is 0 Å². The molecule has 9 heteroatoms. The van der Waals surface area contributed by atoms with Gasteiger partial charge in [-0.1, -0.05) is 23.2 Å². The van der Waals surface area contributed by atoms with Crippen LogP contribution < -0.4 is 0 Å². The second-order valence-corrected chi connectivity index (χ2v) is 8.27. The number of nitrogens with zero attached hydrogens (tertiary/aromatic N) is 1. The van der Waals surface area contributed by atoms with E-state index < -0.39 is 21.5 Å². The Morgan fingerprint density at radius 2 is 1.87 bits per heavy atom. The normalized spacial score (nSPS) is 13.1. The first-order valence-electron chi connectivity index (χ1n) is 6.32. The number of carbonyl (C=O) groups is 1. The van der Waals surface area contributed by atoms with Gasteiger partial charge in [0.2, 0.25) is 10.0 Å². The van der Waals surface area contributed by atoms with Crippen LogP contribution >= 0.6 is 34.5 Å². The van der Waals surface area contributed by atoms with Crippen LogP contribution in [0.15, 0.2) is 40.6 Å². The van der Waals surface area contributed by atoms with Crippen molar-refractivity contribution in [1.82, 2.24) is 4.31 Å². The Morgan fingerprint density at radius 1 is 1.26 bits per heavy atom. The van der Waals surface area contributed by atoms with E-state index in [1.54, 1.807) is 11.4 Å². The Hall–Kier alpha value is -1.12. The monoisotopic (exact) mass is 393 g/mol. The van der Waals surface area contributed by atoms with Crippen LogP contribution in [0.3, 0.4) is 0 Å². The number of thiophene rings is 1. The summed E-state index contributed by atoms with van der Waals surface area (Å²) in [6.45, 7) is 0. The van der Waals surface area contributed by atoms with Gasteiger partial charge in [0.25, 0.3) is 0 Å². The van der Waals surface area contributed by atoms with Crippen LogP contribution in [0.25, 0.3) is 0 Å². The molecule has 0 aliphatic rings. The number of halogens is 2. The van der Waals surface area contributed by atoms with E-state index in [2.05, 4.69) is 4.74 Å². The molecule has 0 spiro atoms. The van der Waals surface area contributed by atoms with Gasteiger partial charge in [0, 0.05) is 17.6 Å². The maximum atomic E-state index is 12.6. The van der Waals surface area contributed by atoms with Crippen LogP contribution in [0.2, 0.25) is 5.02 Å². The molecule has 0 N–H and O–H groups in total. The molecular formula is C14H13Cl2NO4S2. The maximum Gasteiger partial charge on any atom is 0.348 e. The SMILES string of the molecule is COC(=O)c1sccc1C(Cl)N(C)S(=O)(=O)c1ccc(Cl)cc1. The fourth-order valence-corrected chi connectivity index (χ4v) is 4.56. The van der Waals surface area contributed by atoms with E-state index in [9.17, 15) is 13.2 Å². The van der Waals surface area contributed by atoms with E-state index in [-0.39, 0.29) is 9.77 Å². The highest BCUT2D eigenvalue weighted by molar-refractivity contribution is 7.89. The fraction of sp³-hybridized carbons (Fsp3) is 0.214. The standard InChI is InChI=1S/C14H13Cl2NO4S2/c1-17(23(19,20)10-5-3-9(15)4-6-10)13(16)11-7-8-22-12(11)14(18)21-2/h3-8,13H,1-2H3. The molecule has 1 aromatic carbocycles. The number of methoxy groups -OCH3 is 1. The van der Waals surface area contributed by atoms with Crippen LogP contribution in [0.5, 0.6) is 0 Å². The van der Waals surface area contributed by atoms with Crippen molar-refractivity contribution in [3.63, 3.8) is 0 Å². The van der Waals surface area contributed by atoms with Gasteiger partial charge < -0.3 is 4.74 Å². The van der Waals surface area contributed by atoms with Crippen LogP contribution in [-0.2, 0) is 14.8 Å². The molecule has 0 saturated heterocycles. The molecule has 2 rings (SSSR count). The van der Waals surface area contributed by atoms with Crippen LogP contribution in [0.4, 0.5) is 0 Å². The molecule has 0 aliphatic heterocycles. The molecule has 0 amide bonds. The first kappa shape index (κ1) is 18.2. The van der Waals surface area contributed by atoms with Crippen molar-refractivity contribution in [1.29, 1.82) is 0 Å². The highest BCUT2D eigenvalue weighted by atomic mass is 35.5.